The molecule has 1 aromatic heterocycles. The lowest BCUT2D eigenvalue weighted by Gasteiger charge is -2.32. The van der Waals surface area contributed by atoms with Gasteiger partial charge in [-0.25, -0.2) is 4.79 Å². The van der Waals surface area contributed by atoms with Crippen molar-refractivity contribution in [3.63, 3.8) is 0 Å². The van der Waals surface area contributed by atoms with Gasteiger partial charge in [0.15, 0.2) is 0 Å². The Morgan fingerprint density at radius 2 is 1.70 bits per heavy atom. The number of fused-ring (bicyclic) bond motifs is 1. The third-order valence-electron chi connectivity index (χ3n) is 5.38. The number of benzene rings is 2. The molecule has 0 aliphatic carbocycles. The SMILES string of the molecule is CC1(C)Cn2[c]c(-c3ccc(Cl)cc3)c(-c3ccccc3)c2C1(O)C(=O)O. The molecular weight excluding hydrogens is 362 g/mol. The summed E-state index contributed by atoms with van der Waals surface area (Å²) in [6.45, 7) is 3.88. The summed E-state index contributed by atoms with van der Waals surface area (Å²) in [5.41, 5.74) is 0.634. The second kappa shape index (κ2) is 5.98. The van der Waals surface area contributed by atoms with E-state index in [1.807, 2.05) is 42.5 Å². The molecule has 1 aliphatic rings. The van der Waals surface area contributed by atoms with Gasteiger partial charge in [0, 0.05) is 28.1 Å². The maximum atomic E-state index is 12.2. The molecule has 4 rings (SSSR count). The van der Waals surface area contributed by atoms with E-state index in [-0.39, 0.29) is 0 Å². The molecule has 5 heteroatoms. The number of aliphatic carboxylic acids is 1. The molecule has 137 valence electrons. The van der Waals surface area contributed by atoms with E-state index in [1.165, 1.54) is 0 Å². The summed E-state index contributed by atoms with van der Waals surface area (Å²) in [7, 11) is 0. The van der Waals surface area contributed by atoms with E-state index < -0.39 is 17.0 Å². The van der Waals surface area contributed by atoms with E-state index in [0.29, 0.717) is 22.8 Å². The van der Waals surface area contributed by atoms with Gasteiger partial charge in [0.2, 0.25) is 5.60 Å². The number of carbonyl (C=O) groups is 1. The van der Waals surface area contributed by atoms with E-state index in [4.69, 9.17) is 11.6 Å². The predicted molar refractivity (Wildman–Crippen MR) is 104 cm³/mol. The van der Waals surface area contributed by atoms with Gasteiger partial charge in [0.25, 0.3) is 0 Å². The Labute approximate surface area is 162 Å². The molecular formula is C22H19ClNO3. The topological polar surface area (TPSA) is 62.5 Å². The van der Waals surface area contributed by atoms with Crippen LogP contribution in [0.1, 0.15) is 19.5 Å². The van der Waals surface area contributed by atoms with Gasteiger partial charge in [0.05, 0.1) is 11.9 Å². The maximum absolute atomic E-state index is 12.2. The molecule has 27 heavy (non-hydrogen) atoms. The molecule has 1 atom stereocenters. The van der Waals surface area contributed by atoms with E-state index in [9.17, 15) is 15.0 Å². The lowest BCUT2D eigenvalue weighted by Crippen LogP contribution is -2.46. The Morgan fingerprint density at radius 3 is 2.30 bits per heavy atom. The number of aliphatic hydroxyl groups is 1. The fourth-order valence-corrected chi connectivity index (χ4v) is 4.05. The van der Waals surface area contributed by atoms with Gasteiger partial charge >= 0.3 is 5.97 Å². The van der Waals surface area contributed by atoms with E-state index >= 15 is 0 Å². The van der Waals surface area contributed by atoms with Gasteiger partial charge in [-0.3, -0.25) is 0 Å². The Bertz CT molecular complexity index is 1020. The van der Waals surface area contributed by atoms with Crippen molar-refractivity contribution in [2.75, 3.05) is 0 Å². The normalized spacial score (nSPS) is 20.4. The molecule has 4 nitrogen and oxygen atoms in total. The standard InChI is InChI=1S/C22H19ClNO3/c1-21(2)13-24-12-17(14-8-10-16(23)11-9-14)18(15-6-4-3-5-7-15)19(24)22(21,27)20(25)26/h3-11,27H,13H2,1-2H3,(H,25,26). The lowest BCUT2D eigenvalue weighted by molar-refractivity contribution is -0.172. The van der Waals surface area contributed by atoms with Crippen LogP contribution < -0.4 is 0 Å². The summed E-state index contributed by atoms with van der Waals surface area (Å²) in [5.74, 6) is -1.25. The Hall–Kier alpha value is -2.56. The van der Waals surface area contributed by atoms with Crippen LogP contribution in [0, 0.1) is 11.6 Å². The zero-order chi connectivity index (χ0) is 19.4. The Balaban J connectivity index is 2.05. The minimum absolute atomic E-state index is 0.360. The van der Waals surface area contributed by atoms with Crippen LogP contribution in [0.4, 0.5) is 0 Å². The molecule has 0 fully saturated rings. The molecule has 2 heterocycles. The second-order valence-electron chi connectivity index (χ2n) is 7.57. The van der Waals surface area contributed by atoms with Crippen LogP contribution in [0.25, 0.3) is 22.3 Å². The van der Waals surface area contributed by atoms with Crippen LogP contribution >= 0.6 is 11.6 Å². The van der Waals surface area contributed by atoms with Crippen molar-refractivity contribution in [1.29, 1.82) is 0 Å². The third kappa shape index (κ3) is 2.52. The Morgan fingerprint density at radius 1 is 1.07 bits per heavy atom. The zero-order valence-electron chi connectivity index (χ0n) is 15.0. The number of carboxylic acid groups (broad SMARTS) is 1. The molecule has 2 aromatic carbocycles. The highest BCUT2D eigenvalue weighted by atomic mass is 35.5. The molecule has 2 N–H and O–H groups in total. The minimum Gasteiger partial charge on any atom is -0.479 e. The molecule has 1 radical (unpaired) electrons. The predicted octanol–water partition coefficient (Wildman–Crippen LogP) is 4.59. The van der Waals surface area contributed by atoms with E-state index in [0.717, 1.165) is 16.7 Å². The van der Waals surface area contributed by atoms with E-state index in [1.54, 1.807) is 30.5 Å². The molecule has 1 aliphatic heterocycles. The van der Waals surface area contributed by atoms with Crippen molar-refractivity contribution in [3.8, 4) is 22.3 Å². The Kier molecular flexibility index (Phi) is 3.95. The number of hydrogen-bond donors (Lipinski definition) is 2. The highest BCUT2D eigenvalue weighted by Gasteiger charge is 2.59. The molecule has 0 spiro atoms. The summed E-state index contributed by atoms with van der Waals surface area (Å²) in [6, 6.07) is 16.8. The number of nitrogens with zero attached hydrogens (tertiary/aromatic N) is 1. The number of carboxylic acids is 1. The van der Waals surface area contributed by atoms with Crippen molar-refractivity contribution in [2.24, 2.45) is 5.41 Å². The third-order valence-corrected chi connectivity index (χ3v) is 5.64. The monoisotopic (exact) mass is 380 g/mol. The van der Waals surface area contributed by atoms with Crippen molar-refractivity contribution in [3.05, 3.63) is 71.5 Å². The van der Waals surface area contributed by atoms with Crippen LogP contribution in [0.5, 0.6) is 0 Å². The van der Waals surface area contributed by atoms with Gasteiger partial charge in [-0.05, 0) is 23.3 Å². The van der Waals surface area contributed by atoms with Gasteiger partial charge in [0.1, 0.15) is 0 Å². The second-order valence-corrected chi connectivity index (χ2v) is 8.01. The quantitative estimate of drug-likeness (QED) is 0.698. The first-order chi connectivity index (χ1) is 12.8. The first-order valence-corrected chi connectivity index (χ1v) is 9.07. The summed E-state index contributed by atoms with van der Waals surface area (Å²) in [6.07, 6.45) is 3.31. The van der Waals surface area contributed by atoms with Crippen LogP contribution in [0.2, 0.25) is 5.02 Å². The molecule has 3 aromatic rings. The average Bonchev–Trinajstić information content (AvgIpc) is 3.09. The fraction of sp³-hybridized carbons (Fsp3) is 0.227. The summed E-state index contributed by atoms with van der Waals surface area (Å²) in [4.78, 5) is 12.2. The van der Waals surface area contributed by atoms with Crippen LogP contribution in [0.3, 0.4) is 0 Å². The van der Waals surface area contributed by atoms with Crippen LogP contribution in [-0.4, -0.2) is 20.7 Å². The average molecular weight is 381 g/mol. The van der Waals surface area contributed by atoms with Gasteiger partial charge in [-0.15, -0.1) is 0 Å². The smallest absolute Gasteiger partial charge is 0.342 e. The highest BCUT2D eigenvalue weighted by molar-refractivity contribution is 6.30. The number of rotatable bonds is 3. The lowest BCUT2D eigenvalue weighted by atomic mass is 9.73. The van der Waals surface area contributed by atoms with Crippen molar-refractivity contribution in [1.82, 2.24) is 4.57 Å². The minimum atomic E-state index is -2.01. The molecule has 0 bridgehead atoms. The highest BCUT2D eigenvalue weighted by Crippen LogP contribution is 2.53. The van der Waals surface area contributed by atoms with E-state index in [2.05, 4.69) is 6.20 Å². The zero-order valence-corrected chi connectivity index (χ0v) is 15.8. The first-order valence-electron chi connectivity index (χ1n) is 8.69. The summed E-state index contributed by atoms with van der Waals surface area (Å²) >= 11 is 6.02. The fourth-order valence-electron chi connectivity index (χ4n) is 3.93. The number of aromatic nitrogens is 1. The molecule has 0 saturated heterocycles. The van der Waals surface area contributed by atoms with Crippen molar-refractivity contribution in [2.45, 2.75) is 26.0 Å². The van der Waals surface area contributed by atoms with Gasteiger partial charge < -0.3 is 14.8 Å². The van der Waals surface area contributed by atoms with Crippen LogP contribution in [0.15, 0.2) is 54.6 Å². The van der Waals surface area contributed by atoms with Crippen LogP contribution in [-0.2, 0) is 16.9 Å². The van der Waals surface area contributed by atoms with Crippen molar-refractivity contribution >= 4 is 17.6 Å². The first kappa shape index (κ1) is 17.8. The summed E-state index contributed by atoms with van der Waals surface area (Å²) in [5, 5.41) is 21.9. The largest absolute Gasteiger partial charge is 0.479 e. The number of hydrogen-bond acceptors (Lipinski definition) is 2. The maximum Gasteiger partial charge on any atom is 0.342 e. The van der Waals surface area contributed by atoms with Crippen molar-refractivity contribution < 1.29 is 15.0 Å². The van der Waals surface area contributed by atoms with Gasteiger partial charge in [-0.2, -0.15) is 0 Å². The molecule has 1 unspecified atom stereocenters. The molecule has 0 amide bonds. The van der Waals surface area contributed by atoms with Gasteiger partial charge in [-0.1, -0.05) is 67.9 Å². The number of halogens is 1. The summed E-state index contributed by atoms with van der Waals surface area (Å²) < 4.78 is 1.75. The molecule has 0 saturated carbocycles.